The molecule has 0 aliphatic rings. The van der Waals surface area contributed by atoms with Crippen LogP contribution in [0.3, 0.4) is 0 Å². The molecule has 0 amide bonds. The number of nitriles is 1. The van der Waals surface area contributed by atoms with Gasteiger partial charge in [0.1, 0.15) is 5.92 Å². The summed E-state index contributed by atoms with van der Waals surface area (Å²) < 4.78 is 0. The second kappa shape index (κ2) is 5.93. The molecule has 0 N–H and O–H groups in total. The predicted molar refractivity (Wildman–Crippen MR) is 84.3 cm³/mol. The molecule has 2 aromatic rings. The first-order valence-electron chi connectivity index (χ1n) is 7.03. The van der Waals surface area contributed by atoms with E-state index < -0.39 is 5.92 Å². The molecule has 0 spiro atoms. The van der Waals surface area contributed by atoms with Crippen LogP contribution in [-0.2, 0) is 5.41 Å². The predicted octanol–water partition coefficient (Wildman–Crippen LogP) is 4.47. The minimum atomic E-state index is -0.755. The molecular formula is C19H19NO. The van der Waals surface area contributed by atoms with Gasteiger partial charge in [-0.25, -0.2) is 0 Å². The van der Waals surface area contributed by atoms with Crippen molar-refractivity contribution < 1.29 is 4.79 Å². The largest absolute Gasteiger partial charge is 0.292 e. The maximum atomic E-state index is 12.8. The molecule has 106 valence electrons. The zero-order valence-electron chi connectivity index (χ0n) is 12.6. The van der Waals surface area contributed by atoms with Crippen LogP contribution in [0.15, 0.2) is 54.6 Å². The van der Waals surface area contributed by atoms with Crippen LogP contribution in [0.1, 0.15) is 48.2 Å². The Morgan fingerprint density at radius 1 is 1.00 bits per heavy atom. The molecule has 0 aromatic heterocycles. The minimum absolute atomic E-state index is 0.130. The van der Waals surface area contributed by atoms with Gasteiger partial charge < -0.3 is 0 Å². The van der Waals surface area contributed by atoms with Crippen molar-refractivity contribution in [2.24, 2.45) is 0 Å². The Bertz CT molecular complexity index is 675. The molecule has 0 fully saturated rings. The molecule has 0 saturated heterocycles. The highest BCUT2D eigenvalue weighted by Gasteiger charge is 2.27. The van der Waals surface area contributed by atoms with Gasteiger partial charge in [0.15, 0.2) is 5.78 Å². The molecular weight excluding hydrogens is 258 g/mol. The third kappa shape index (κ3) is 3.20. The van der Waals surface area contributed by atoms with Crippen LogP contribution >= 0.6 is 0 Å². The Morgan fingerprint density at radius 3 is 2.14 bits per heavy atom. The first-order chi connectivity index (χ1) is 9.95. The van der Waals surface area contributed by atoms with Gasteiger partial charge in [-0.2, -0.15) is 5.26 Å². The van der Waals surface area contributed by atoms with E-state index in [1.54, 1.807) is 0 Å². The van der Waals surface area contributed by atoms with Crippen LogP contribution in [-0.4, -0.2) is 5.78 Å². The van der Waals surface area contributed by atoms with Gasteiger partial charge in [0, 0.05) is 5.56 Å². The van der Waals surface area contributed by atoms with E-state index in [-0.39, 0.29) is 11.2 Å². The summed E-state index contributed by atoms with van der Waals surface area (Å²) in [6.07, 6.45) is 0. The Balaban J connectivity index is 2.48. The first kappa shape index (κ1) is 15.0. The quantitative estimate of drug-likeness (QED) is 0.776. The van der Waals surface area contributed by atoms with E-state index in [9.17, 15) is 10.1 Å². The lowest BCUT2D eigenvalue weighted by atomic mass is 9.80. The van der Waals surface area contributed by atoms with E-state index in [1.807, 2.05) is 54.6 Å². The van der Waals surface area contributed by atoms with Gasteiger partial charge in [-0.05, 0) is 16.5 Å². The number of hydrogen-bond donors (Lipinski definition) is 0. The smallest absolute Gasteiger partial charge is 0.184 e. The van der Waals surface area contributed by atoms with Gasteiger partial charge in [0.2, 0.25) is 0 Å². The molecule has 0 bridgehead atoms. The van der Waals surface area contributed by atoms with Crippen molar-refractivity contribution in [2.45, 2.75) is 32.1 Å². The van der Waals surface area contributed by atoms with Crippen molar-refractivity contribution in [3.8, 4) is 6.07 Å². The summed E-state index contributed by atoms with van der Waals surface area (Å²) in [7, 11) is 0. The molecule has 0 saturated carbocycles. The topological polar surface area (TPSA) is 40.9 Å². The second-order valence-corrected chi connectivity index (χ2v) is 6.13. The van der Waals surface area contributed by atoms with Crippen molar-refractivity contribution >= 4 is 5.78 Å². The third-order valence-corrected chi connectivity index (χ3v) is 3.52. The van der Waals surface area contributed by atoms with Crippen LogP contribution in [0.25, 0.3) is 0 Å². The number of benzene rings is 2. The molecule has 0 heterocycles. The lowest BCUT2D eigenvalue weighted by Gasteiger charge is -2.23. The molecule has 2 nitrogen and oxygen atoms in total. The fourth-order valence-electron chi connectivity index (χ4n) is 2.44. The maximum Gasteiger partial charge on any atom is 0.184 e. The summed E-state index contributed by atoms with van der Waals surface area (Å²) in [5.41, 5.74) is 2.23. The van der Waals surface area contributed by atoms with E-state index >= 15 is 0 Å². The summed E-state index contributed by atoms with van der Waals surface area (Å²) in [5.74, 6) is -0.885. The number of rotatable bonds is 3. The van der Waals surface area contributed by atoms with Crippen LogP contribution < -0.4 is 0 Å². The van der Waals surface area contributed by atoms with Gasteiger partial charge in [0.25, 0.3) is 0 Å². The second-order valence-electron chi connectivity index (χ2n) is 6.13. The first-order valence-corrected chi connectivity index (χ1v) is 7.03. The van der Waals surface area contributed by atoms with E-state index in [1.165, 1.54) is 0 Å². The Hall–Kier alpha value is -2.40. The van der Waals surface area contributed by atoms with Crippen LogP contribution in [0.4, 0.5) is 0 Å². The van der Waals surface area contributed by atoms with Crippen LogP contribution in [0.2, 0.25) is 0 Å². The van der Waals surface area contributed by atoms with Crippen molar-refractivity contribution in [3.63, 3.8) is 0 Å². The molecule has 2 aromatic carbocycles. The van der Waals surface area contributed by atoms with Crippen molar-refractivity contribution in [1.82, 2.24) is 0 Å². The summed E-state index contributed by atoms with van der Waals surface area (Å²) in [5, 5.41) is 9.43. The standard InChI is InChI=1S/C19H19NO/c1-19(2,3)17-12-8-7-11-15(17)18(21)16(13-20)14-9-5-4-6-10-14/h4-12,16H,1-3H3. The highest BCUT2D eigenvalue weighted by Crippen LogP contribution is 2.29. The fourth-order valence-corrected chi connectivity index (χ4v) is 2.44. The van der Waals surface area contributed by atoms with E-state index in [0.29, 0.717) is 5.56 Å². The Labute approximate surface area is 126 Å². The molecule has 2 heteroatoms. The number of ketones is 1. The number of Topliss-reactive ketones (excluding diaryl/α,β-unsaturated/α-hetero) is 1. The third-order valence-electron chi connectivity index (χ3n) is 3.52. The summed E-state index contributed by atoms with van der Waals surface area (Å²) >= 11 is 0. The molecule has 2 rings (SSSR count). The molecule has 0 aliphatic carbocycles. The molecule has 1 unspecified atom stereocenters. The van der Waals surface area contributed by atoms with Gasteiger partial charge >= 0.3 is 0 Å². The highest BCUT2D eigenvalue weighted by atomic mass is 16.1. The highest BCUT2D eigenvalue weighted by molar-refractivity contribution is 6.04. The van der Waals surface area contributed by atoms with E-state index in [4.69, 9.17) is 0 Å². The summed E-state index contributed by atoms with van der Waals surface area (Å²) in [6.45, 7) is 6.22. The average Bonchev–Trinajstić information content (AvgIpc) is 2.48. The normalized spacial score (nSPS) is 12.5. The average molecular weight is 277 g/mol. The van der Waals surface area contributed by atoms with Gasteiger partial charge in [-0.3, -0.25) is 4.79 Å². The lowest BCUT2D eigenvalue weighted by Crippen LogP contribution is -2.20. The number of nitrogens with zero attached hydrogens (tertiary/aromatic N) is 1. The molecule has 0 radical (unpaired) electrons. The van der Waals surface area contributed by atoms with Gasteiger partial charge in [0.05, 0.1) is 6.07 Å². The number of hydrogen-bond acceptors (Lipinski definition) is 2. The Kier molecular flexibility index (Phi) is 4.23. The van der Waals surface area contributed by atoms with Crippen molar-refractivity contribution in [2.75, 3.05) is 0 Å². The fraction of sp³-hybridized carbons (Fsp3) is 0.263. The van der Waals surface area contributed by atoms with E-state index in [0.717, 1.165) is 11.1 Å². The number of carbonyl (C=O) groups is 1. The molecule has 21 heavy (non-hydrogen) atoms. The minimum Gasteiger partial charge on any atom is -0.292 e. The Morgan fingerprint density at radius 2 is 1.57 bits per heavy atom. The zero-order valence-corrected chi connectivity index (χ0v) is 12.6. The van der Waals surface area contributed by atoms with Crippen LogP contribution in [0, 0.1) is 11.3 Å². The summed E-state index contributed by atoms with van der Waals surface area (Å²) in [6, 6.07) is 18.9. The lowest BCUT2D eigenvalue weighted by molar-refractivity contribution is 0.0976. The van der Waals surface area contributed by atoms with Gasteiger partial charge in [-0.15, -0.1) is 0 Å². The zero-order chi connectivity index (χ0) is 15.5. The van der Waals surface area contributed by atoms with Crippen molar-refractivity contribution in [1.29, 1.82) is 5.26 Å². The van der Waals surface area contributed by atoms with Crippen molar-refractivity contribution in [3.05, 3.63) is 71.3 Å². The van der Waals surface area contributed by atoms with Gasteiger partial charge in [-0.1, -0.05) is 75.4 Å². The molecule has 1 atom stereocenters. The monoisotopic (exact) mass is 277 g/mol. The molecule has 0 aliphatic heterocycles. The maximum absolute atomic E-state index is 12.8. The SMILES string of the molecule is CC(C)(C)c1ccccc1C(=O)C(C#N)c1ccccc1. The summed E-state index contributed by atoms with van der Waals surface area (Å²) in [4.78, 5) is 12.8. The van der Waals surface area contributed by atoms with Crippen LogP contribution in [0.5, 0.6) is 0 Å². The van der Waals surface area contributed by atoms with E-state index in [2.05, 4.69) is 26.8 Å². The number of carbonyl (C=O) groups excluding carboxylic acids is 1.